The van der Waals surface area contributed by atoms with Crippen LogP contribution < -0.4 is 4.74 Å². The van der Waals surface area contributed by atoms with E-state index >= 15 is 0 Å². The van der Waals surface area contributed by atoms with Gasteiger partial charge in [-0.05, 0) is 52.1 Å². The lowest BCUT2D eigenvalue weighted by atomic mass is 9.90. The van der Waals surface area contributed by atoms with E-state index in [1.54, 1.807) is 0 Å². The number of carbonyl (C=O) groups is 1. The zero-order valence-corrected chi connectivity index (χ0v) is 13.8. The summed E-state index contributed by atoms with van der Waals surface area (Å²) < 4.78 is 5.33. The molecule has 2 heteroatoms. The molecular weight excluding hydrogens is 296 g/mol. The molecule has 4 rings (SSSR count). The van der Waals surface area contributed by atoms with Crippen LogP contribution in [0.5, 0.6) is 5.75 Å². The van der Waals surface area contributed by atoms with Crippen LogP contribution in [0.25, 0.3) is 32.3 Å². The quantitative estimate of drug-likeness (QED) is 0.253. The second-order valence-electron chi connectivity index (χ2n) is 6.39. The van der Waals surface area contributed by atoms with Gasteiger partial charge in [-0.15, -0.1) is 0 Å². The number of ether oxygens (including phenoxy) is 1. The Balaban J connectivity index is 2.06. The van der Waals surface area contributed by atoms with Gasteiger partial charge in [0.25, 0.3) is 6.47 Å². The largest absolute Gasteiger partial charge is 0.428 e. The van der Waals surface area contributed by atoms with Crippen molar-refractivity contribution >= 4 is 38.8 Å². The summed E-state index contributed by atoms with van der Waals surface area (Å²) in [5.41, 5.74) is 1.27. The maximum absolute atomic E-state index is 11.0. The summed E-state index contributed by atoms with van der Waals surface area (Å²) in [6, 6.07) is 17.0. The summed E-state index contributed by atoms with van der Waals surface area (Å²) in [5, 5.41) is 7.24. The van der Waals surface area contributed by atoms with Crippen LogP contribution in [0.4, 0.5) is 0 Å². The van der Waals surface area contributed by atoms with Gasteiger partial charge in [-0.2, -0.15) is 0 Å². The van der Waals surface area contributed by atoms with E-state index in [0.717, 1.165) is 18.2 Å². The Labute approximate surface area is 141 Å². The average Bonchev–Trinajstić information content (AvgIpc) is 2.61. The monoisotopic (exact) mass is 316 g/mol. The van der Waals surface area contributed by atoms with Gasteiger partial charge in [-0.25, -0.2) is 0 Å². The standard InChI is InChI=1S/C22H20O2/c1-2-3-4-6-17-13-20(24-14-23)19-12-10-16-8-5-7-15-9-11-18(17)22(19)21(15)16/h5,7-14H,2-4,6H2,1H3. The van der Waals surface area contributed by atoms with Gasteiger partial charge in [0.2, 0.25) is 0 Å². The highest BCUT2D eigenvalue weighted by Crippen LogP contribution is 2.40. The molecule has 24 heavy (non-hydrogen) atoms. The third-order valence-corrected chi connectivity index (χ3v) is 4.92. The first kappa shape index (κ1) is 14.9. The molecule has 120 valence electrons. The molecule has 0 fully saturated rings. The maximum Gasteiger partial charge on any atom is 0.298 e. The number of unbranched alkanes of at least 4 members (excludes halogenated alkanes) is 2. The van der Waals surface area contributed by atoms with Gasteiger partial charge in [0.1, 0.15) is 5.75 Å². The van der Waals surface area contributed by atoms with Gasteiger partial charge in [-0.1, -0.05) is 56.2 Å². The first-order valence-corrected chi connectivity index (χ1v) is 8.63. The van der Waals surface area contributed by atoms with Crippen LogP contribution in [-0.2, 0) is 11.2 Å². The van der Waals surface area contributed by atoms with E-state index in [4.69, 9.17) is 4.74 Å². The molecule has 0 aliphatic carbocycles. The molecule has 0 unspecified atom stereocenters. The van der Waals surface area contributed by atoms with Crippen molar-refractivity contribution in [2.45, 2.75) is 32.6 Å². The first-order valence-electron chi connectivity index (χ1n) is 8.63. The van der Waals surface area contributed by atoms with Crippen molar-refractivity contribution in [3.63, 3.8) is 0 Å². The zero-order valence-electron chi connectivity index (χ0n) is 13.8. The van der Waals surface area contributed by atoms with Gasteiger partial charge >= 0.3 is 0 Å². The van der Waals surface area contributed by atoms with E-state index in [1.807, 2.05) is 6.07 Å². The van der Waals surface area contributed by atoms with E-state index in [2.05, 4.69) is 49.4 Å². The second kappa shape index (κ2) is 6.12. The van der Waals surface area contributed by atoms with Crippen molar-refractivity contribution in [2.75, 3.05) is 0 Å². The summed E-state index contributed by atoms with van der Waals surface area (Å²) in [6.45, 7) is 2.74. The highest BCUT2D eigenvalue weighted by Gasteiger charge is 2.15. The smallest absolute Gasteiger partial charge is 0.298 e. The molecule has 0 heterocycles. The predicted octanol–water partition coefficient (Wildman–Crippen LogP) is 5.85. The maximum atomic E-state index is 11.0. The summed E-state index contributed by atoms with van der Waals surface area (Å²) in [4.78, 5) is 11.0. The molecule has 0 radical (unpaired) electrons. The number of carbonyl (C=O) groups excluding carboxylic acids is 1. The van der Waals surface area contributed by atoms with Crippen LogP contribution in [0.15, 0.2) is 48.5 Å². The van der Waals surface area contributed by atoms with Crippen molar-refractivity contribution < 1.29 is 9.53 Å². The van der Waals surface area contributed by atoms with Crippen LogP contribution in [0.2, 0.25) is 0 Å². The number of hydrogen-bond donors (Lipinski definition) is 0. The van der Waals surface area contributed by atoms with E-state index in [-0.39, 0.29) is 0 Å². The lowest BCUT2D eigenvalue weighted by Crippen LogP contribution is -1.96. The Morgan fingerprint density at radius 3 is 2.38 bits per heavy atom. The normalized spacial score (nSPS) is 11.5. The number of benzene rings is 4. The Kier molecular flexibility index (Phi) is 3.81. The molecule has 0 saturated heterocycles. The molecule has 4 aromatic rings. The van der Waals surface area contributed by atoms with Crippen molar-refractivity contribution in [2.24, 2.45) is 0 Å². The zero-order chi connectivity index (χ0) is 16.5. The Morgan fingerprint density at radius 2 is 1.67 bits per heavy atom. The van der Waals surface area contributed by atoms with Gasteiger partial charge in [0.15, 0.2) is 0 Å². The molecular formula is C22H20O2. The molecule has 2 nitrogen and oxygen atoms in total. The second-order valence-corrected chi connectivity index (χ2v) is 6.39. The number of aryl methyl sites for hydroxylation is 1. The van der Waals surface area contributed by atoms with Crippen LogP contribution in [0.1, 0.15) is 31.7 Å². The SMILES string of the molecule is CCCCCc1cc(OC=O)c2ccc3cccc4ccc1c2c43. The van der Waals surface area contributed by atoms with E-state index < -0.39 is 0 Å². The Morgan fingerprint density at radius 1 is 0.917 bits per heavy atom. The van der Waals surface area contributed by atoms with Crippen LogP contribution >= 0.6 is 0 Å². The summed E-state index contributed by atoms with van der Waals surface area (Å²) in [7, 11) is 0. The van der Waals surface area contributed by atoms with Crippen molar-refractivity contribution in [1.29, 1.82) is 0 Å². The Hall–Kier alpha value is -2.61. The minimum atomic E-state index is 0.530. The topological polar surface area (TPSA) is 26.3 Å². The molecule has 0 N–H and O–H groups in total. The van der Waals surface area contributed by atoms with Gasteiger partial charge in [0, 0.05) is 10.8 Å². The molecule has 0 saturated carbocycles. The van der Waals surface area contributed by atoms with Crippen molar-refractivity contribution in [1.82, 2.24) is 0 Å². The lowest BCUT2D eigenvalue weighted by Gasteiger charge is -2.16. The third-order valence-electron chi connectivity index (χ3n) is 4.92. The van der Waals surface area contributed by atoms with E-state index in [9.17, 15) is 4.79 Å². The van der Waals surface area contributed by atoms with Crippen LogP contribution in [0, 0.1) is 0 Å². The summed E-state index contributed by atoms with van der Waals surface area (Å²) >= 11 is 0. The molecule has 4 aromatic carbocycles. The molecule has 0 bridgehead atoms. The fourth-order valence-electron chi connectivity index (χ4n) is 3.79. The molecule has 0 aliphatic rings. The fraction of sp³-hybridized carbons (Fsp3) is 0.227. The minimum Gasteiger partial charge on any atom is -0.428 e. The molecule has 0 spiro atoms. The van der Waals surface area contributed by atoms with Crippen LogP contribution in [-0.4, -0.2) is 6.47 Å². The number of rotatable bonds is 6. The molecule has 0 atom stereocenters. The van der Waals surface area contributed by atoms with Gasteiger partial charge in [0.05, 0.1) is 0 Å². The van der Waals surface area contributed by atoms with E-state index in [0.29, 0.717) is 12.2 Å². The highest BCUT2D eigenvalue weighted by molar-refractivity contribution is 6.24. The van der Waals surface area contributed by atoms with Gasteiger partial charge < -0.3 is 4.74 Å². The molecule has 0 amide bonds. The number of hydrogen-bond acceptors (Lipinski definition) is 2. The van der Waals surface area contributed by atoms with E-state index in [1.165, 1.54) is 45.3 Å². The first-order chi connectivity index (χ1) is 11.8. The van der Waals surface area contributed by atoms with Crippen molar-refractivity contribution in [3.8, 4) is 5.75 Å². The Bertz CT molecular complexity index is 1000. The average molecular weight is 316 g/mol. The lowest BCUT2D eigenvalue weighted by molar-refractivity contribution is -0.120. The minimum absolute atomic E-state index is 0.530. The predicted molar refractivity (Wildman–Crippen MR) is 100 cm³/mol. The third kappa shape index (κ3) is 2.30. The van der Waals surface area contributed by atoms with Gasteiger partial charge in [-0.3, -0.25) is 4.79 Å². The summed E-state index contributed by atoms with van der Waals surface area (Å²) in [5.74, 6) is 0.669. The van der Waals surface area contributed by atoms with Crippen molar-refractivity contribution in [3.05, 3.63) is 54.1 Å². The summed E-state index contributed by atoms with van der Waals surface area (Å²) in [6.07, 6.45) is 4.58. The molecule has 0 aliphatic heterocycles. The highest BCUT2D eigenvalue weighted by atomic mass is 16.5. The van der Waals surface area contributed by atoms with Crippen LogP contribution in [0.3, 0.4) is 0 Å². The fourth-order valence-corrected chi connectivity index (χ4v) is 3.79. The molecule has 0 aromatic heterocycles.